The van der Waals surface area contributed by atoms with Crippen LogP contribution in [0, 0.1) is 0 Å². The van der Waals surface area contributed by atoms with E-state index in [4.69, 9.17) is 21.1 Å². The third kappa shape index (κ3) is 3.10. The van der Waals surface area contributed by atoms with Crippen molar-refractivity contribution in [2.75, 3.05) is 13.9 Å². The lowest BCUT2D eigenvalue weighted by molar-refractivity contribution is -0.132. The number of carbonyl (C=O) groups excluding carboxylic acids is 1. The van der Waals surface area contributed by atoms with Gasteiger partial charge in [0, 0.05) is 7.11 Å². The van der Waals surface area contributed by atoms with Crippen LogP contribution in [0.2, 0.25) is 0 Å². The van der Waals surface area contributed by atoms with Crippen LogP contribution in [0.25, 0.3) is 0 Å². The predicted molar refractivity (Wildman–Crippen MR) is 53.0 cm³/mol. The Balaban J connectivity index is 2.73. The molecule has 0 saturated carbocycles. The average molecular weight is 215 g/mol. The van der Waals surface area contributed by atoms with Crippen LogP contribution in [0.3, 0.4) is 0 Å². The van der Waals surface area contributed by atoms with Gasteiger partial charge in [0.15, 0.2) is 6.10 Å². The molecular formula is C10H11ClO3. The normalized spacial score (nSPS) is 12.4. The number of ether oxygens (including phenoxy) is 2. The first-order valence-corrected chi connectivity index (χ1v) is 4.48. The molecule has 1 rings (SSSR count). The quantitative estimate of drug-likeness (QED) is 0.556. The van der Waals surface area contributed by atoms with Gasteiger partial charge in [-0.2, -0.15) is 0 Å². The Morgan fingerprint density at radius 1 is 1.43 bits per heavy atom. The lowest BCUT2D eigenvalue weighted by atomic mass is 10.1. The van der Waals surface area contributed by atoms with Gasteiger partial charge in [0.2, 0.25) is 0 Å². The molecule has 1 aromatic carbocycles. The minimum Gasteiger partial charge on any atom is -0.359 e. The highest BCUT2D eigenvalue weighted by molar-refractivity contribution is 6.64. The smallest absolute Gasteiger partial charge is 0.255 e. The Morgan fingerprint density at radius 3 is 2.57 bits per heavy atom. The maximum atomic E-state index is 11.0. The minimum absolute atomic E-state index is 0.0397. The molecule has 0 spiro atoms. The zero-order valence-corrected chi connectivity index (χ0v) is 8.53. The second-order valence-corrected chi connectivity index (χ2v) is 3.04. The fourth-order valence-electron chi connectivity index (χ4n) is 1.06. The maximum absolute atomic E-state index is 11.0. The zero-order chi connectivity index (χ0) is 10.4. The monoisotopic (exact) mass is 214 g/mol. The molecule has 0 aliphatic carbocycles. The van der Waals surface area contributed by atoms with Gasteiger partial charge in [0.05, 0.1) is 0 Å². The summed E-state index contributed by atoms with van der Waals surface area (Å²) in [6, 6.07) is 9.05. The van der Waals surface area contributed by atoms with Gasteiger partial charge in [0.1, 0.15) is 6.79 Å². The lowest BCUT2D eigenvalue weighted by Gasteiger charge is -2.12. The molecule has 0 aliphatic heterocycles. The van der Waals surface area contributed by atoms with Gasteiger partial charge in [-0.25, -0.2) is 0 Å². The number of hydrogen-bond donors (Lipinski definition) is 0. The van der Waals surface area contributed by atoms with E-state index in [1.54, 1.807) is 12.1 Å². The number of halogens is 1. The predicted octanol–water partition coefficient (Wildman–Crippen LogP) is 2.11. The summed E-state index contributed by atoms with van der Waals surface area (Å²) in [5, 5.41) is -0.548. The Hall–Kier alpha value is -0.900. The van der Waals surface area contributed by atoms with Crippen molar-refractivity contribution < 1.29 is 14.3 Å². The first-order chi connectivity index (χ1) is 6.75. The summed E-state index contributed by atoms with van der Waals surface area (Å²) in [5.74, 6) is 0. The molecule has 0 fully saturated rings. The molecule has 4 heteroatoms. The van der Waals surface area contributed by atoms with E-state index in [0.717, 1.165) is 5.56 Å². The van der Waals surface area contributed by atoms with Crippen LogP contribution in [0.15, 0.2) is 30.3 Å². The molecule has 0 aliphatic rings. The van der Waals surface area contributed by atoms with Crippen LogP contribution in [0.5, 0.6) is 0 Å². The van der Waals surface area contributed by atoms with E-state index in [-0.39, 0.29) is 6.79 Å². The molecule has 3 nitrogen and oxygen atoms in total. The van der Waals surface area contributed by atoms with Crippen LogP contribution >= 0.6 is 11.6 Å². The molecule has 0 radical (unpaired) electrons. The van der Waals surface area contributed by atoms with Crippen molar-refractivity contribution in [2.45, 2.75) is 6.10 Å². The molecule has 0 aromatic heterocycles. The minimum atomic E-state index is -0.752. The second-order valence-electron chi connectivity index (χ2n) is 2.67. The summed E-state index contributed by atoms with van der Waals surface area (Å²) in [6.07, 6.45) is -0.752. The summed E-state index contributed by atoms with van der Waals surface area (Å²) >= 11 is 5.39. The number of methoxy groups -OCH3 is 1. The van der Waals surface area contributed by atoms with E-state index in [2.05, 4.69) is 0 Å². The van der Waals surface area contributed by atoms with Crippen LogP contribution in [0.4, 0.5) is 0 Å². The second kappa shape index (κ2) is 5.75. The number of benzene rings is 1. The van der Waals surface area contributed by atoms with Crippen molar-refractivity contribution in [3.8, 4) is 0 Å². The number of rotatable bonds is 5. The molecule has 0 N–H and O–H groups in total. The Kier molecular flexibility index (Phi) is 4.59. The van der Waals surface area contributed by atoms with Crippen LogP contribution in [-0.2, 0) is 14.3 Å². The van der Waals surface area contributed by atoms with Gasteiger partial charge in [-0.1, -0.05) is 30.3 Å². The number of carbonyl (C=O) groups is 1. The zero-order valence-electron chi connectivity index (χ0n) is 7.77. The summed E-state index contributed by atoms with van der Waals surface area (Å²) < 4.78 is 9.85. The van der Waals surface area contributed by atoms with Crippen LogP contribution < -0.4 is 0 Å². The van der Waals surface area contributed by atoms with Gasteiger partial charge >= 0.3 is 0 Å². The highest BCUT2D eigenvalue weighted by atomic mass is 35.5. The largest absolute Gasteiger partial charge is 0.359 e. The molecule has 76 valence electrons. The van der Waals surface area contributed by atoms with Crippen molar-refractivity contribution in [1.29, 1.82) is 0 Å². The SMILES string of the molecule is COCOC(C(=O)Cl)c1ccccc1. The summed E-state index contributed by atoms with van der Waals surface area (Å²) in [5.41, 5.74) is 0.726. The molecule has 0 saturated heterocycles. The summed E-state index contributed by atoms with van der Waals surface area (Å²) in [6.45, 7) is 0.0397. The van der Waals surface area contributed by atoms with Gasteiger partial charge in [-0.05, 0) is 17.2 Å². The highest BCUT2D eigenvalue weighted by Crippen LogP contribution is 2.19. The lowest BCUT2D eigenvalue weighted by Crippen LogP contribution is -2.12. The van der Waals surface area contributed by atoms with Crippen molar-refractivity contribution in [3.05, 3.63) is 35.9 Å². The Labute approximate surface area is 87.6 Å². The van der Waals surface area contributed by atoms with Crippen molar-refractivity contribution >= 4 is 16.8 Å². The molecule has 0 heterocycles. The Morgan fingerprint density at radius 2 is 2.07 bits per heavy atom. The van der Waals surface area contributed by atoms with E-state index in [1.807, 2.05) is 18.2 Å². The topological polar surface area (TPSA) is 35.5 Å². The Bertz CT molecular complexity index is 287. The van der Waals surface area contributed by atoms with Crippen molar-refractivity contribution in [2.24, 2.45) is 0 Å². The third-order valence-electron chi connectivity index (χ3n) is 1.66. The molecule has 0 bridgehead atoms. The number of hydrogen-bond acceptors (Lipinski definition) is 3. The summed E-state index contributed by atoms with van der Waals surface area (Å²) in [4.78, 5) is 11.0. The fourth-order valence-corrected chi connectivity index (χ4v) is 1.25. The first-order valence-electron chi connectivity index (χ1n) is 4.10. The van der Waals surface area contributed by atoms with E-state index in [9.17, 15) is 4.79 Å². The van der Waals surface area contributed by atoms with E-state index in [1.165, 1.54) is 7.11 Å². The highest BCUT2D eigenvalue weighted by Gasteiger charge is 2.18. The van der Waals surface area contributed by atoms with Gasteiger partial charge in [-0.3, -0.25) is 4.79 Å². The fraction of sp³-hybridized carbons (Fsp3) is 0.300. The van der Waals surface area contributed by atoms with Crippen molar-refractivity contribution in [3.63, 3.8) is 0 Å². The van der Waals surface area contributed by atoms with E-state index in [0.29, 0.717) is 0 Å². The summed E-state index contributed by atoms with van der Waals surface area (Å²) in [7, 11) is 1.49. The molecule has 0 amide bonds. The maximum Gasteiger partial charge on any atom is 0.255 e. The molecular weight excluding hydrogens is 204 g/mol. The first kappa shape index (κ1) is 11.2. The third-order valence-corrected chi connectivity index (χ3v) is 1.86. The van der Waals surface area contributed by atoms with Crippen LogP contribution in [0.1, 0.15) is 11.7 Å². The van der Waals surface area contributed by atoms with Gasteiger partial charge < -0.3 is 9.47 Å². The van der Waals surface area contributed by atoms with E-state index >= 15 is 0 Å². The van der Waals surface area contributed by atoms with Crippen LogP contribution in [-0.4, -0.2) is 19.1 Å². The van der Waals surface area contributed by atoms with E-state index < -0.39 is 11.3 Å². The molecule has 1 unspecified atom stereocenters. The molecule has 1 atom stereocenters. The molecule has 14 heavy (non-hydrogen) atoms. The van der Waals surface area contributed by atoms with Gasteiger partial charge in [-0.15, -0.1) is 0 Å². The molecule has 1 aromatic rings. The standard InChI is InChI=1S/C10H11ClO3/c1-13-7-14-9(10(11)12)8-5-3-2-4-6-8/h2-6,9H,7H2,1H3. The van der Waals surface area contributed by atoms with Gasteiger partial charge in [0.25, 0.3) is 5.24 Å². The van der Waals surface area contributed by atoms with Crippen molar-refractivity contribution in [1.82, 2.24) is 0 Å². The average Bonchev–Trinajstić information content (AvgIpc) is 2.19.